The second kappa shape index (κ2) is 4.27. The first-order chi connectivity index (χ1) is 5.43. The summed E-state index contributed by atoms with van der Waals surface area (Å²) in [7, 11) is 0. The van der Waals surface area contributed by atoms with E-state index in [0.29, 0.717) is 5.70 Å². The van der Waals surface area contributed by atoms with Gasteiger partial charge < -0.3 is 10.8 Å². The lowest BCUT2D eigenvalue weighted by molar-refractivity contribution is -0.129. The van der Waals surface area contributed by atoms with Crippen molar-refractivity contribution in [2.45, 2.75) is 13.8 Å². The highest BCUT2D eigenvalue weighted by atomic mass is 16.4. The van der Waals surface area contributed by atoms with Gasteiger partial charge in [-0.15, -0.1) is 0 Å². The van der Waals surface area contributed by atoms with Crippen LogP contribution in [-0.4, -0.2) is 22.7 Å². The van der Waals surface area contributed by atoms with Crippen LogP contribution in [0.5, 0.6) is 0 Å². The van der Waals surface area contributed by atoms with Crippen molar-refractivity contribution in [2.24, 2.45) is 15.7 Å². The second-order valence-electron chi connectivity index (χ2n) is 2.21. The zero-order valence-electron chi connectivity index (χ0n) is 7.03. The molecule has 66 valence electrons. The van der Waals surface area contributed by atoms with Crippen molar-refractivity contribution in [1.29, 1.82) is 0 Å². The largest absolute Gasteiger partial charge is 0.477 e. The lowest BCUT2D eigenvalue weighted by Gasteiger charge is -1.93. The molecule has 0 saturated carbocycles. The van der Waals surface area contributed by atoms with Crippen LogP contribution in [0.25, 0.3) is 0 Å². The summed E-state index contributed by atoms with van der Waals surface area (Å²) in [5, 5.41) is 8.40. The zero-order chi connectivity index (χ0) is 9.72. The Bertz CT molecular complexity index is 266. The third kappa shape index (κ3) is 4.21. The number of carbonyl (C=O) groups is 1. The minimum atomic E-state index is -1.12. The number of nitrogens with two attached hydrogens (primary N) is 1. The van der Waals surface area contributed by atoms with Crippen molar-refractivity contribution in [3.05, 3.63) is 12.3 Å². The lowest BCUT2D eigenvalue weighted by atomic mass is 10.4. The van der Waals surface area contributed by atoms with Crippen LogP contribution < -0.4 is 5.73 Å². The number of allylic oxidation sites excluding steroid dienone is 1. The number of carboxylic acid groups (broad SMARTS) is 1. The Kier molecular flexibility index (Phi) is 3.69. The topological polar surface area (TPSA) is 88.0 Å². The van der Waals surface area contributed by atoms with E-state index in [4.69, 9.17) is 10.8 Å². The number of hydrogen-bond donors (Lipinski definition) is 2. The summed E-state index contributed by atoms with van der Waals surface area (Å²) in [6.45, 7) is 6.44. The van der Waals surface area contributed by atoms with Gasteiger partial charge in [0.15, 0.2) is 0 Å². The molecular weight excluding hydrogens is 158 g/mol. The molecule has 0 rings (SSSR count). The number of hydrogen-bond acceptors (Lipinski definition) is 2. The number of rotatable bonds is 2. The average Bonchev–Trinajstić information content (AvgIpc) is 1.84. The average molecular weight is 169 g/mol. The molecule has 0 amide bonds. The molecule has 0 atom stereocenters. The SMILES string of the molecule is C=C(C)/N=C(N)\N=C(/C)C(=O)O. The van der Waals surface area contributed by atoms with Gasteiger partial charge in [0, 0.05) is 5.70 Å². The molecule has 0 aromatic carbocycles. The zero-order valence-corrected chi connectivity index (χ0v) is 7.03. The molecule has 12 heavy (non-hydrogen) atoms. The summed E-state index contributed by atoms with van der Waals surface area (Å²) in [5.41, 5.74) is 5.63. The molecule has 0 radical (unpaired) electrons. The number of aliphatic carboxylic acids is 1. The minimum absolute atomic E-state index is 0.0950. The van der Waals surface area contributed by atoms with Gasteiger partial charge in [-0.25, -0.2) is 14.8 Å². The van der Waals surface area contributed by atoms with E-state index in [1.165, 1.54) is 6.92 Å². The van der Waals surface area contributed by atoms with Gasteiger partial charge in [-0.1, -0.05) is 6.58 Å². The first-order valence-corrected chi connectivity index (χ1v) is 3.21. The Morgan fingerprint density at radius 1 is 1.42 bits per heavy atom. The van der Waals surface area contributed by atoms with E-state index in [9.17, 15) is 4.79 Å². The molecular formula is C7H11N3O2. The van der Waals surface area contributed by atoms with Crippen LogP contribution in [0.2, 0.25) is 0 Å². The molecule has 0 heterocycles. The summed E-state index contributed by atoms with van der Waals surface area (Å²) in [4.78, 5) is 17.4. The molecule has 0 aliphatic rings. The number of carboxylic acids is 1. The van der Waals surface area contributed by atoms with E-state index in [-0.39, 0.29) is 11.7 Å². The van der Waals surface area contributed by atoms with E-state index in [2.05, 4.69) is 16.6 Å². The van der Waals surface area contributed by atoms with Crippen LogP contribution in [0, 0.1) is 0 Å². The summed E-state index contributed by atoms with van der Waals surface area (Å²) in [6.07, 6.45) is 0. The normalized spacial score (nSPS) is 12.8. The minimum Gasteiger partial charge on any atom is -0.477 e. The maximum atomic E-state index is 10.3. The summed E-state index contributed by atoms with van der Waals surface area (Å²) >= 11 is 0. The summed E-state index contributed by atoms with van der Waals surface area (Å²) in [5.74, 6) is -1.21. The molecule has 0 spiro atoms. The highest BCUT2D eigenvalue weighted by molar-refractivity contribution is 6.36. The number of aliphatic imine (C=N–C) groups is 2. The van der Waals surface area contributed by atoms with Crippen molar-refractivity contribution in [3.8, 4) is 0 Å². The molecule has 0 aliphatic heterocycles. The van der Waals surface area contributed by atoms with Gasteiger partial charge in [0.2, 0.25) is 5.96 Å². The van der Waals surface area contributed by atoms with Crippen LogP contribution >= 0.6 is 0 Å². The smallest absolute Gasteiger partial charge is 0.350 e. The Morgan fingerprint density at radius 2 is 1.92 bits per heavy atom. The second-order valence-corrected chi connectivity index (χ2v) is 2.21. The monoisotopic (exact) mass is 169 g/mol. The number of guanidine groups is 1. The maximum absolute atomic E-state index is 10.3. The van der Waals surface area contributed by atoms with E-state index in [1.807, 2.05) is 0 Å². The molecule has 0 unspecified atom stereocenters. The number of nitrogens with zero attached hydrogens (tertiary/aromatic N) is 2. The highest BCUT2D eigenvalue weighted by Gasteiger charge is 2.01. The predicted molar refractivity (Wildman–Crippen MR) is 47.2 cm³/mol. The van der Waals surface area contributed by atoms with Crippen molar-refractivity contribution < 1.29 is 9.90 Å². The molecule has 0 aliphatic carbocycles. The van der Waals surface area contributed by atoms with Crippen molar-refractivity contribution in [1.82, 2.24) is 0 Å². The van der Waals surface area contributed by atoms with E-state index < -0.39 is 5.97 Å². The van der Waals surface area contributed by atoms with Gasteiger partial charge in [0.25, 0.3) is 0 Å². The van der Waals surface area contributed by atoms with Gasteiger partial charge in [0.1, 0.15) is 5.71 Å². The molecule has 5 nitrogen and oxygen atoms in total. The Balaban J connectivity index is 4.54. The van der Waals surface area contributed by atoms with Crippen molar-refractivity contribution >= 4 is 17.6 Å². The molecule has 0 aromatic rings. The summed E-state index contributed by atoms with van der Waals surface area (Å²) in [6, 6.07) is 0. The van der Waals surface area contributed by atoms with Crippen LogP contribution in [0.1, 0.15) is 13.8 Å². The van der Waals surface area contributed by atoms with Crippen LogP contribution in [0.15, 0.2) is 22.3 Å². The highest BCUT2D eigenvalue weighted by Crippen LogP contribution is 1.89. The molecule has 0 aromatic heterocycles. The van der Waals surface area contributed by atoms with Gasteiger partial charge in [0.05, 0.1) is 0 Å². The third-order valence-corrected chi connectivity index (χ3v) is 0.897. The van der Waals surface area contributed by atoms with Gasteiger partial charge in [-0.05, 0) is 13.8 Å². The fraction of sp³-hybridized carbons (Fsp3) is 0.286. The van der Waals surface area contributed by atoms with Crippen LogP contribution in [0.4, 0.5) is 0 Å². The van der Waals surface area contributed by atoms with Gasteiger partial charge >= 0.3 is 5.97 Å². The van der Waals surface area contributed by atoms with E-state index in [1.54, 1.807) is 6.92 Å². The van der Waals surface area contributed by atoms with E-state index >= 15 is 0 Å². The molecule has 0 fully saturated rings. The first kappa shape index (κ1) is 10.3. The Morgan fingerprint density at radius 3 is 2.25 bits per heavy atom. The fourth-order valence-corrected chi connectivity index (χ4v) is 0.440. The summed E-state index contributed by atoms with van der Waals surface area (Å²) < 4.78 is 0. The molecule has 0 bridgehead atoms. The van der Waals surface area contributed by atoms with Crippen LogP contribution in [-0.2, 0) is 4.79 Å². The predicted octanol–water partition coefficient (Wildman–Crippen LogP) is 0.380. The van der Waals surface area contributed by atoms with Crippen LogP contribution in [0.3, 0.4) is 0 Å². The molecule has 5 heteroatoms. The third-order valence-electron chi connectivity index (χ3n) is 0.897. The van der Waals surface area contributed by atoms with Gasteiger partial charge in [-0.3, -0.25) is 0 Å². The molecule has 0 saturated heterocycles. The van der Waals surface area contributed by atoms with E-state index in [0.717, 1.165) is 0 Å². The maximum Gasteiger partial charge on any atom is 0.350 e. The van der Waals surface area contributed by atoms with Crippen molar-refractivity contribution in [3.63, 3.8) is 0 Å². The lowest BCUT2D eigenvalue weighted by Crippen LogP contribution is -2.16. The fourth-order valence-electron chi connectivity index (χ4n) is 0.440. The van der Waals surface area contributed by atoms with Crippen molar-refractivity contribution in [2.75, 3.05) is 0 Å². The molecule has 3 N–H and O–H groups in total. The van der Waals surface area contributed by atoms with Gasteiger partial charge in [-0.2, -0.15) is 0 Å². The standard InChI is InChI=1S/C7H11N3O2/c1-4(2)9-7(8)10-5(3)6(11)12/h1H2,2-3H3,(H2,8,9)(H,11,12)/b10-5+. The Hall–Kier alpha value is -1.65. The first-order valence-electron chi connectivity index (χ1n) is 3.21. The quantitative estimate of drug-likeness (QED) is 0.462. The Labute approximate surface area is 70.3 Å².